The van der Waals surface area contributed by atoms with Crippen molar-refractivity contribution in [3.63, 3.8) is 0 Å². The van der Waals surface area contributed by atoms with Gasteiger partial charge in [0.1, 0.15) is 0 Å². The number of aromatic nitrogens is 4. The highest BCUT2D eigenvalue weighted by molar-refractivity contribution is 7.99. The van der Waals surface area contributed by atoms with Gasteiger partial charge in [-0.1, -0.05) is 11.8 Å². The van der Waals surface area contributed by atoms with Crippen molar-refractivity contribution in [1.82, 2.24) is 25.1 Å². The Labute approximate surface area is 154 Å². The summed E-state index contributed by atoms with van der Waals surface area (Å²) in [5.41, 5.74) is -0.0638. The fraction of sp³-hybridized carbons (Fsp3) is 0.438. The van der Waals surface area contributed by atoms with Crippen LogP contribution in [0.5, 0.6) is 0 Å². The summed E-state index contributed by atoms with van der Waals surface area (Å²) in [7, 11) is 2.00. The van der Waals surface area contributed by atoms with E-state index in [0.717, 1.165) is 30.8 Å². The van der Waals surface area contributed by atoms with Crippen molar-refractivity contribution >= 4 is 24.1 Å². The normalized spacial score (nSPS) is 19.1. The highest BCUT2D eigenvalue weighted by Gasteiger charge is 2.24. The number of carboxylic acid groups (broad SMARTS) is 1. The van der Waals surface area contributed by atoms with Crippen LogP contribution < -0.4 is 10.9 Å². The van der Waals surface area contributed by atoms with E-state index in [1.165, 1.54) is 12.3 Å². The molecule has 0 aromatic carbocycles. The molecule has 1 aliphatic rings. The Bertz CT molecular complexity index is 783. The SMILES string of the molecule is Cn1ccnc1SC1CCC(NC(=O)c2cn[nH]c(=O)c2)CC1.O=CO. The molecule has 0 unspecified atom stereocenters. The van der Waals surface area contributed by atoms with Crippen LogP contribution in [0.1, 0.15) is 36.0 Å². The van der Waals surface area contributed by atoms with Gasteiger partial charge < -0.3 is 15.0 Å². The Balaban J connectivity index is 0.000000758. The summed E-state index contributed by atoms with van der Waals surface area (Å²) in [5, 5.41) is 17.4. The maximum Gasteiger partial charge on any atom is 0.290 e. The zero-order chi connectivity index (χ0) is 18.9. The molecule has 26 heavy (non-hydrogen) atoms. The third-order valence-corrected chi connectivity index (χ3v) is 5.39. The number of aromatic amines is 1. The largest absolute Gasteiger partial charge is 0.483 e. The van der Waals surface area contributed by atoms with Crippen LogP contribution in [0.25, 0.3) is 0 Å². The Morgan fingerprint density at radius 1 is 1.42 bits per heavy atom. The summed E-state index contributed by atoms with van der Waals surface area (Å²) in [6, 6.07) is 1.42. The van der Waals surface area contributed by atoms with E-state index in [-0.39, 0.29) is 24.0 Å². The van der Waals surface area contributed by atoms with Crippen LogP contribution in [0.4, 0.5) is 0 Å². The van der Waals surface area contributed by atoms with E-state index >= 15 is 0 Å². The van der Waals surface area contributed by atoms with Crippen molar-refractivity contribution in [3.8, 4) is 0 Å². The number of rotatable bonds is 4. The van der Waals surface area contributed by atoms with Crippen molar-refractivity contribution in [3.05, 3.63) is 40.6 Å². The van der Waals surface area contributed by atoms with Crippen LogP contribution in [-0.2, 0) is 11.8 Å². The second-order valence-electron chi connectivity index (χ2n) is 5.83. The molecule has 140 valence electrons. The van der Waals surface area contributed by atoms with Gasteiger partial charge >= 0.3 is 0 Å². The Kier molecular flexibility index (Phi) is 7.39. The molecule has 0 bridgehead atoms. The van der Waals surface area contributed by atoms with Gasteiger partial charge in [0.15, 0.2) is 5.16 Å². The Morgan fingerprint density at radius 3 is 2.69 bits per heavy atom. The second-order valence-corrected chi connectivity index (χ2v) is 7.09. The maximum absolute atomic E-state index is 12.1. The minimum Gasteiger partial charge on any atom is -0.483 e. The maximum atomic E-state index is 12.1. The molecule has 1 aliphatic carbocycles. The molecule has 0 aliphatic heterocycles. The second kappa shape index (κ2) is 9.76. The van der Waals surface area contributed by atoms with E-state index in [1.807, 2.05) is 24.0 Å². The number of H-pyrrole nitrogens is 1. The summed E-state index contributed by atoms with van der Waals surface area (Å²) in [6.07, 6.45) is 9.08. The lowest BCUT2D eigenvalue weighted by atomic mass is 9.95. The van der Waals surface area contributed by atoms with Crippen molar-refractivity contribution in [2.45, 2.75) is 42.1 Å². The highest BCUT2D eigenvalue weighted by atomic mass is 32.2. The van der Waals surface area contributed by atoms with Crippen LogP contribution in [-0.4, -0.2) is 48.5 Å². The molecular formula is C16H21N5O4S. The van der Waals surface area contributed by atoms with E-state index in [2.05, 4.69) is 20.5 Å². The standard InChI is InChI=1S/C15H19N5O2S.CH2O2/c1-20-7-6-16-15(20)23-12-4-2-11(3-5-12)18-14(22)10-8-13(21)19-17-9-10;2-1-3/h6-9,11-12H,2-5H2,1H3,(H,18,22)(H,19,21);1H,(H,2,3). The molecular weight excluding hydrogens is 358 g/mol. The van der Waals surface area contributed by atoms with E-state index in [0.29, 0.717) is 10.8 Å². The van der Waals surface area contributed by atoms with Crippen LogP contribution in [0, 0.1) is 0 Å². The van der Waals surface area contributed by atoms with Crippen molar-refractivity contribution in [2.75, 3.05) is 0 Å². The summed E-state index contributed by atoms with van der Waals surface area (Å²) < 4.78 is 2.03. The third-order valence-electron chi connectivity index (χ3n) is 3.99. The van der Waals surface area contributed by atoms with Crippen molar-refractivity contribution in [2.24, 2.45) is 7.05 Å². The van der Waals surface area contributed by atoms with Gasteiger partial charge in [0.25, 0.3) is 17.9 Å². The fourth-order valence-corrected chi connectivity index (χ4v) is 3.86. The zero-order valence-corrected chi connectivity index (χ0v) is 15.1. The topological polar surface area (TPSA) is 130 Å². The van der Waals surface area contributed by atoms with Gasteiger partial charge in [-0.3, -0.25) is 14.4 Å². The molecule has 0 spiro atoms. The number of nitrogens with zero attached hydrogens (tertiary/aromatic N) is 3. The highest BCUT2D eigenvalue weighted by Crippen LogP contribution is 2.32. The van der Waals surface area contributed by atoms with E-state index in [1.54, 1.807) is 11.8 Å². The smallest absolute Gasteiger partial charge is 0.290 e. The molecule has 1 saturated carbocycles. The fourth-order valence-electron chi connectivity index (χ4n) is 2.71. The van der Waals surface area contributed by atoms with Crippen LogP contribution in [0.3, 0.4) is 0 Å². The summed E-state index contributed by atoms with van der Waals surface area (Å²) in [4.78, 5) is 36.0. The molecule has 1 amide bonds. The molecule has 1 fully saturated rings. The number of hydrogen-bond acceptors (Lipinski definition) is 6. The monoisotopic (exact) mass is 379 g/mol. The number of carbonyl (C=O) groups is 2. The van der Waals surface area contributed by atoms with Gasteiger partial charge in [-0.15, -0.1) is 0 Å². The number of nitrogens with one attached hydrogen (secondary N) is 2. The quantitative estimate of drug-likeness (QED) is 0.677. The number of carbonyl (C=O) groups excluding carboxylic acids is 1. The minimum atomic E-state index is -0.368. The van der Waals surface area contributed by atoms with E-state index < -0.39 is 0 Å². The lowest BCUT2D eigenvalue weighted by Gasteiger charge is -2.28. The first-order valence-corrected chi connectivity index (χ1v) is 8.99. The van der Waals surface area contributed by atoms with Gasteiger partial charge in [-0.2, -0.15) is 5.10 Å². The van der Waals surface area contributed by atoms with Crippen molar-refractivity contribution < 1.29 is 14.7 Å². The summed E-state index contributed by atoms with van der Waals surface area (Å²) in [6.45, 7) is -0.250. The lowest BCUT2D eigenvalue weighted by molar-refractivity contribution is -0.122. The van der Waals surface area contributed by atoms with Crippen LogP contribution >= 0.6 is 11.8 Å². The average molecular weight is 379 g/mol. The predicted octanol–water partition coefficient (Wildman–Crippen LogP) is 1.04. The molecule has 2 heterocycles. The molecule has 3 rings (SSSR count). The van der Waals surface area contributed by atoms with Gasteiger partial charge in [0, 0.05) is 36.8 Å². The third kappa shape index (κ3) is 5.73. The van der Waals surface area contributed by atoms with Gasteiger partial charge in [-0.25, -0.2) is 10.1 Å². The Hall–Kier alpha value is -2.62. The average Bonchev–Trinajstić information content (AvgIpc) is 3.02. The van der Waals surface area contributed by atoms with Gasteiger partial charge in [-0.05, 0) is 25.7 Å². The molecule has 10 heteroatoms. The van der Waals surface area contributed by atoms with Crippen LogP contribution in [0.2, 0.25) is 0 Å². The number of thioether (sulfide) groups is 1. The molecule has 0 radical (unpaired) electrons. The molecule has 2 aromatic heterocycles. The first-order chi connectivity index (χ1) is 12.5. The van der Waals surface area contributed by atoms with Gasteiger partial charge in [0.05, 0.1) is 11.8 Å². The molecule has 3 N–H and O–H groups in total. The zero-order valence-electron chi connectivity index (χ0n) is 14.3. The summed E-state index contributed by atoms with van der Waals surface area (Å²) >= 11 is 1.80. The summed E-state index contributed by atoms with van der Waals surface area (Å²) in [5.74, 6) is -0.233. The predicted molar refractivity (Wildman–Crippen MR) is 96.1 cm³/mol. The molecule has 0 saturated heterocycles. The van der Waals surface area contributed by atoms with Crippen molar-refractivity contribution in [1.29, 1.82) is 0 Å². The number of hydrogen-bond donors (Lipinski definition) is 3. The molecule has 9 nitrogen and oxygen atoms in total. The minimum absolute atomic E-state index is 0.153. The first-order valence-electron chi connectivity index (χ1n) is 8.11. The first kappa shape index (κ1) is 19.7. The molecule has 0 atom stereocenters. The number of aryl methyl sites for hydroxylation is 1. The van der Waals surface area contributed by atoms with E-state index in [9.17, 15) is 9.59 Å². The van der Waals surface area contributed by atoms with E-state index in [4.69, 9.17) is 9.90 Å². The van der Waals surface area contributed by atoms with Gasteiger partial charge in [0.2, 0.25) is 0 Å². The number of amides is 1. The number of imidazole rings is 1. The Morgan fingerprint density at radius 2 is 2.12 bits per heavy atom. The van der Waals surface area contributed by atoms with Crippen LogP contribution in [0.15, 0.2) is 34.6 Å². The lowest BCUT2D eigenvalue weighted by Crippen LogP contribution is -2.38. The molecule has 2 aromatic rings.